The molecule has 1 amide bonds. The second kappa shape index (κ2) is 7.91. The van der Waals surface area contributed by atoms with Gasteiger partial charge in [-0.2, -0.15) is 0 Å². The van der Waals surface area contributed by atoms with E-state index in [2.05, 4.69) is 18.7 Å². The van der Waals surface area contributed by atoms with Crippen molar-refractivity contribution in [2.75, 3.05) is 24.5 Å². The minimum absolute atomic E-state index is 0.147. The van der Waals surface area contributed by atoms with Crippen LogP contribution < -0.4 is 10.5 Å². The Bertz CT molecular complexity index is 1070. The van der Waals surface area contributed by atoms with Gasteiger partial charge in [0, 0.05) is 25.8 Å². The number of thioether (sulfide) groups is 1. The Morgan fingerprint density at radius 1 is 1.24 bits per heavy atom. The molecule has 2 aromatic rings. The molecular weight excluding hydrogens is 404 g/mol. The summed E-state index contributed by atoms with van der Waals surface area (Å²) < 4.78 is 2.06. The standard InChI is InChI=1S/C21H24N4O2S2/c1-4-24-20(27)16(29-21(24)28)10-15-18(23-11-13(2)9-14(3)12-23)22-17-7-5-6-8-25(17)19(15)26/h5-8,10,13-14H,4,9,11-12H2,1-3H3/b16-10+/t13-,14-/m1/s1. The average molecular weight is 429 g/mol. The predicted molar refractivity (Wildman–Crippen MR) is 122 cm³/mol. The maximum absolute atomic E-state index is 13.4. The molecule has 0 bridgehead atoms. The van der Waals surface area contributed by atoms with Crippen molar-refractivity contribution in [3.63, 3.8) is 0 Å². The third-order valence-corrected chi connectivity index (χ3v) is 6.76. The van der Waals surface area contributed by atoms with Gasteiger partial charge in [0.15, 0.2) is 0 Å². The van der Waals surface area contributed by atoms with Crippen molar-refractivity contribution in [1.29, 1.82) is 0 Å². The first-order valence-corrected chi connectivity index (χ1v) is 11.1. The summed E-state index contributed by atoms with van der Waals surface area (Å²) in [6.07, 6.45) is 4.56. The number of aromatic nitrogens is 2. The molecule has 29 heavy (non-hydrogen) atoms. The molecule has 0 N–H and O–H groups in total. The zero-order valence-electron chi connectivity index (χ0n) is 16.8. The molecule has 0 unspecified atom stereocenters. The Labute approximate surface area is 179 Å². The average Bonchev–Trinajstić information content (AvgIpc) is 2.95. The van der Waals surface area contributed by atoms with Crippen molar-refractivity contribution in [3.8, 4) is 0 Å². The van der Waals surface area contributed by atoms with Gasteiger partial charge in [0.1, 0.15) is 15.8 Å². The highest BCUT2D eigenvalue weighted by Crippen LogP contribution is 2.34. The molecule has 2 saturated heterocycles. The summed E-state index contributed by atoms with van der Waals surface area (Å²) in [4.78, 5) is 35.2. The number of pyridine rings is 1. The maximum atomic E-state index is 13.4. The molecule has 0 spiro atoms. The van der Waals surface area contributed by atoms with Gasteiger partial charge < -0.3 is 4.90 Å². The lowest BCUT2D eigenvalue weighted by Crippen LogP contribution is -2.40. The van der Waals surface area contributed by atoms with Gasteiger partial charge in [-0.15, -0.1) is 0 Å². The first-order valence-electron chi connectivity index (χ1n) is 9.90. The zero-order chi connectivity index (χ0) is 20.7. The summed E-state index contributed by atoms with van der Waals surface area (Å²) in [7, 11) is 0. The van der Waals surface area contributed by atoms with Crippen LogP contribution in [0.4, 0.5) is 5.82 Å². The van der Waals surface area contributed by atoms with E-state index < -0.39 is 0 Å². The SMILES string of the molecule is CCN1C(=O)/C(=C\c2c(N3C[C@H](C)C[C@@H](C)C3)nc3ccccn3c2=O)SC1=S. The number of likely N-dealkylation sites (N-methyl/N-ethyl adjacent to an activating group) is 1. The van der Waals surface area contributed by atoms with Gasteiger partial charge in [-0.25, -0.2) is 4.98 Å². The summed E-state index contributed by atoms with van der Waals surface area (Å²) >= 11 is 6.57. The number of carbonyl (C=O) groups excluding carboxylic acids is 1. The summed E-state index contributed by atoms with van der Waals surface area (Å²) in [5.74, 6) is 1.54. The number of anilines is 1. The molecule has 8 heteroatoms. The third-order valence-electron chi connectivity index (χ3n) is 5.38. The molecule has 2 aromatic heterocycles. The Hall–Kier alpha value is -2.19. The summed E-state index contributed by atoms with van der Waals surface area (Å²) in [6, 6.07) is 5.52. The monoisotopic (exact) mass is 428 g/mol. The topological polar surface area (TPSA) is 57.9 Å². The molecule has 2 aliphatic rings. The van der Waals surface area contributed by atoms with Crippen LogP contribution in [0.25, 0.3) is 11.7 Å². The number of carbonyl (C=O) groups is 1. The van der Waals surface area contributed by atoms with Crippen LogP contribution in [0, 0.1) is 11.8 Å². The number of fused-ring (bicyclic) bond motifs is 1. The predicted octanol–water partition coefficient (Wildman–Crippen LogP) is 3.40. The largest absolute Gasteiger partial charge is 0.355 e. The minimum atomic E-state index is -0.168. The molecule has 2 fully saturated rings. The smallest absolute Gasteiger partial charge is 0.267 e. The fourth-order valence-electron chi connectivity index (χ4n) is 4.20. The van der Waals surface area contributed by atoms with Gasteiger partial charge in [0.25, 0.3) is 11.5 Å². The number of hydrogen-bond donors (Lipinski definition) is 0. The van der Waals surface area contributed by atoms with E-state index in [0.717, 1.165) is 19.5 Å². The number of hydrogen-bond acceptors (Lipinski definition) is 6. The van der Waals surface area contributed by atoms with Crippen molar-refractivity contribution in [3.05, 3.63) is 45.2 Å². The van der Waals surface area contributed by atoms with Crippen LogP contribution in [0.2, 0.25) is 0 Å². The highest BCUT2D eigenvalue weighted by atomic mass is 32.2. The number of nitrogens with zero attached hydrogens (tertiary/aromatic N) is 4. The molecular formula is C21H24N4O2S2. The summed E-state index contributed by atoms with van der Waals surface area (Å²) in [5, 5.41) is 0. The Balaban J connectivity index is 1.89. The van der Waals surface area contributed by atoms with Crippen LogP contribution in [0.1, 0.15) is 32.8 Å². The molecule has 0 radical (unpaired) electrons. The van der Waals surface area contributed by atoms with Gasteiger partial charge >= 0.3 is 0 Å². The fourth-order valence-corrected chi connectivity index (χ4v) is 5.56. The van der Waals surface area contributed by atoms with Crippen LogP contribution in [0.15, 0.2) is 34.1 Å². The van der Waals surface area contributed by atoms with Crippen LogP contribution >= 0.6 is 24.0 Å². The molecule has 0 aromatic carbocycles. The molecule has 4 heterocycles. The first kappa shape index (κ1) is 20.1. The molecule has 6 nitrogen and oxygen atoms in total. The number of piperidine rings is 1. The zero-order valence-corrected chi connectivity index (χ0v) is 18.4. The van der Waals surface area contributed by atoms with E-state index in [-0.39, 0.29) is 11.5 Å². The van der Waals surface area contributed by atoms with Gasteiger partial charge in [0.05, 0.1) is 10.5 Å². The van der Waals surface area contributed by atoms with Crippen molar-refractivity contribution in [2.45, 2.75) is 27.2 Å². The van der Waals surface area contributed by atoms with E-state index in [4.69, 9.17) is 17.2 Å². The quantitative estimate of drug-likeness (QED) is 0.552. The van der Waals surface area contributed by atoms with Crippen molar-refractivity contribution >= 4 is 51.7 Å². The Kier molecular flexibility index (Phi) is 5.48. The number of rotatable bonds is 3. The second-order valence-electron chi connectivity index (χ2n) is 7.86. The van der Waals surface area contributed by atoms with Gasteiger partial charge in [-0.3, -0.25) is 18.9 Å². The van der Waals surface area contributed by atoms with Gasteiger partial charge in [-0.1, -0.05) is 43.9 Å². The van der Waals surface area contributed by atoms with E-state index in [1.54, 1.807) is 23.2 Å². The summed E-state index contributed by atoms with van der Waals surface area (Å²) in [5.41, 5.74) is 0.890. The van der Waals surface area contributed by atoms with Crippen LogP contribution in [0.3, 0.4) is 0 Å². The number of thiocarbonyl (C=S) groups is 1. The normalized spacial score (nSPS) is 24.2. The van der Waals surface area contributed by atoms with E-state index in [0.29, 0.717) is 44.6 Å². The van der Waals surface area contributed by atoms with E-state index >= 15 is 0 Å². The van der Waals surface area contributed by atoms with Gasteiger partial charge in [-0.05, 0) is 43.4 Å². The Morgan fingerprint density at radius 3 is 2.62 bits per heavy atom. The minimum Gasteiger partial charge on any atom is -0.355 e. The van der Waals surface area contributed by atoms with Crippen LogP contribution in [-0.2, 0) is 4.79 Å². The van der Waals surface area contributed by atoms with Crippen molar-refractivity contribution < 1.29 is 4.79 Å². The van der Waals surface area contributed by atoms with Crippen molar-refractivity contribution in [1.82, 2.24) is 14.3 Å². The van der Waals surface area contributed by atoms with E-state index in [9.17, 15) is 9.59 Å². The molecule has 0 saturated carbocycles. The van der Waals surface area contributed by atoms with E-state index in [1.165, 1.54) is 16.2 Å². The molecule has 0 aliphatic carbocycles. The van der Waals surface area contributed by atoms with Crippen LogP contribution in [-0.4, -0.2) is 44.1 Å². The van der Waals surface area contributed by atoms with Crippen molar-refractivity contribution in [2.24, 2.45) is 11.8 Å². The van der Waals surface area contributed by atoms with Gasteiger partial charge in [0.2, 0.25) is 0 Å². The first-order chi connectivity index (χ1) is 13.9. The maximum Gasteiger partial charge on any atom is 0.267 e. The lowest BCUT2D eigenvalue weighted by molar-refractivity contribution is -0.121. The summed E-state index contributed by atoms with van der Waals surface area (Å²) in [6.45, 7) is 8.55. The molecule has 2 aliphatic heterocycles. The lowest BCUT2D eigenvalue weighted by Gasteiger charge is -2.36. The van der Waals surface area contributed by atoms with Crippen LogP contribution in [0.5, 0.6) is 0 Å². The fraction of sp³-hybridized carbons (Fsp3) is 0.429. The highest BCUT2D eigenvalue weighted by Gasteiger charge is 2.32. The third kappa shape index (κ3) is 3.71. The lowest BCUT2D eigenvalue weighted by atomic mass is 9.91. The Morgan fingerprint density at radius 2 is 1.97 bits per heavy atom. The molecule has 2 atom stereocenters. The number of amides is 1. The highest BCUT2D eigenvalue weighted by molar-refractivity contribution is 8.26. The molecule has 152 valence electrons. The van der Waals surface area contributed by atoms with E-state index in [1.807, 2.05) is 19.1 Å². The second-order valence-corrected chi connectivity index (χ2v) is 9.54. The molecule has 4 rings (SSSR count).